The molecule has 0 bridgehead atoms. The normalized spacial score (nSPS) is 17.1. The lowest BCUT2D eigenvalue weighted by Gasteiger charge is -2.21. The zero-order chi connectivity index (χ0) is 19.7. The highest BCUT2D eigenvalue weighted by molar-refractivity contribution is 6.45. The minimum atomic E-state index is -0.259. The van der Waals surface area contributed by atoms with Gasteiger partial charge in [-0.2, -0.15) is 0 Å². The van der Waals surface area contributed by atoms with Crippen LogP contribution in [0.3, 0.4) is 0 Å². The van der Waals surface area contributed by atoms with Crippen molar-refractivity contribution in [3.8, 4) is 5.75 Å². The second-order valence-electron chi connectivity index (χ2n) is 7.11. The number of para-hydroxylation sites is 1. The Morgan fingerprint density at radius 1 is 0.929 bits per heavy atom. The van der Waals surface area contributed by atoms with E-state index in [9.17, 15) is 9.59 Å². The van der Waals surface area contributed by atoms with Gasteiger partial charge in [0.2, 0.25) is 0 Å². The molecule has 2 aliphatic rings. The van der Waals surface area contributed by atoms with Gasteiger partial charge < -0.3 is 9.64 Å². The van der Waals surface area contributed by atoms with Gasteiger partial charge in [0.05, 0.1) is 17.9 Å². The van der Waals surface area contributed by atoms with Crippen molar-refractivity contribution in [3.63, 3.8) is 0 Å². The van der Waals surface area contributed by atoms with Crippen LogP contribution in [0.25, 0.3) is 5.57 Å². The zero-order valence-corrected chi connectivity index (χ0v) is 16.3. The maximum Gasteiger partial charge on any atom is 0.282 e. The Bertz CT molecular complexity index is 941. The molecule has 28 heavy (non-hydrogen) atoms. The summed E-state index contributed by atoms with van der Waals surface area (Å²) in [7, 11) is 0. The van der Waals surface area contributed by atoms with Crippen LogP contribution >= 0.6 is 0 Å². The molecule has 0 saturated carbocycles. The molecular weight excluding hydrogens is 352 g/mol. The molecule has 2 amide bonds. The van der Waals surface area contributed by atoms with Gasteiger partial charge in [0.25, 0.3) is 11.8 Å². The van der Waals surface area contributed by atoms with Crippen molar-refractivity contribution in [1.82, 2.24) is 4.90 Å². The SMILES string of the molecule is CCOc1ccc(C2=C(N3CCCC3)C(=O)N(c3ccccc3C)C2=O)cc1. The molecule has 144 valence electrons. The molecule has 2 aromatic rings. The molecular formula is C23H24N2O3. The van der Waals surface area contributed by atoms with Crippen LogP contribution in [0.15, 0.2) is 54.2 Å². The fourth-order valence-electron chi connectivity index (χ4n) is 3.93. The van der Waals surface area contributed by atoms with Crippen LogP contribution in [0.2, 0.25) is 0 Å². The summed E-state index contributed by atoms with van der Waals surface area (Å²) >= 11 is 0. The molecule has 2 aliphatic heterocycles. The average molecular weight is 376 g/mol. The van der Waals surface area contributed by atoms with Gasteiger partial charge in [0.15, 0.2) is 0 Å². The first-order chi connectivity index (χ1) is 13.6. The summed E-state index contributed by atoms with van der Waals surface area (Å²) in [4.78, 5) is 30.2. The number of benzene rings is 2. The molecule has 0 aromatic heterocycles. The van der Waals surface area contributed by atoms with Gasteiger partial charge in [-0.3, -0.25) is 9.59 Å². The third kappa shape index (κ3) is 3.07. The number of likely N-dealkylation sites (tertiary alicyclic amines) is 1. The Hall–Kier alpha value is -3.08. The molecule has 2 heterocycles. The largest absolute Gasteiger partial charge is 0.494 e. The summed E-state index contributed by atoms with van der Waals surface area (Å²) in [5.41, 5.74) is 3.31. The molecule has 0 N–H and O–H groups in total. The molecule has 0 unspecified atom stereocenters. The van der Waals surface area contributed by atoms with Crippen LogP contribution in [-0.4, -0.2) is 36.4 Å². The van der Waals surface area contributed by atoms with E-state index >= 15 is 0 Å². The Labute approximate surface area is 165 Å². The first-order valence-corrected chi connectivity index (χ1v) is 9.78. The topological polar surface area (TPSA) is 49.9 Å². The summed E-state index contributed by atoms with van der Waals surface area (Å²) in [6, 6.07) is 14.9. The molecule has 0 aliphatic carbocycles. The van der Waals surface area contributed by atoms with Crippen LogP contribution in [-0.2, 0) is 9.59 Å². The standard InChI is InChI=1S/C23H24N2O3/c1-3-28-18-12-10-17(11-13-18)20-21(24-14-6-7-15-24)23(27)25(22(20)26)19-9-5-4-8-16(19)2/h4-5,8-13H,3,6-7,14-15H2,1-2H3. The van der Waals surface area contributed by atoms with Crippen molar-refractivity contribution in [2.24, 2.45) is 0 Å². The van der Waals surface area contributed by atoms with E-state index in [1.807, 2.05) is 62.4 Å². The van der Waals surface area contributed by atoms with Gasteiger partial charge in [-0.25, -0.2) is 4.90 Å². The number of nitrogens with zero attached hydrogens (tertiary/aromatic N) is 2. The van der Waals surface area contributed by atoms with Crippen LogP contribution in [0.4, 0.5) is 5.69 Å². The lowest BCUT2D eigenvalue weighted by molar-refractivity contribution is -0.120. The van der Waals surface area contributed by atoms with Crippen LogP contribution in [0.1, 0.15) is 30.9 Å². The van der Waals surface area contributed by atoms with Crippen LogP contribution < -0.4 is 9.64 Å². The third-order valence-corrected chi connectivity index (χ3v) is 5.29. The Morgan fingerprint density at radius 2 is 1.61 bits per heavy atom. The van der Waals surface area contributed by atoms with Gasteiger partial charge >= 0.3 is 0 Å². The van der Waals surface area contributed by atoms with Crippen LogP contribution in [0, 0.1) is 6.92 Å². The highest BCUT2D eigenvalue weighted by Crippen LogP contribution is 2.37. The number of rotatable bonds is 5. The van der Waals surface area contributed by atoms with E-state index in [0.717, 1.165) is 42.8 Å². The van der Waals surface area contributed by atoms with Crippen LogP contribution in [0.5, 0.6) is 5.75 Å². The van der Waals surface area contributed by atoms with Crippen molar-refractivity contribution >= 4 is 23.1 Å². The number of hydrogen-bond acceptors (Lipinski definition) is 4. The van der Waals surface area contributed by atoms with Crippen molar-refractivity contribution in [1.29, 1.82) is 0 Å². The molecule has 0 spiro atoms. The molecule has 4 rings (SSSR count). The first kappa shape index (κ1) is 18.3. The smallest absolute Gasteiger partial charge is 0.282 e. The minimum absolute atomic E-state index is 0.231. The maximum absolute atomic E-state index is 13.4. The van der Waals surface area contributed by atoms with E-state index in [1.54, 1.807) is 0 Å². The number of ether oxygens (including phenoxy) is 1. The summed E-state index contributed by atoms with van der Waals surface area (Å²) in [5.74, 6) is 0.262. The number of amides is 2. The van der Waals surface area contributed by atoms with Crippen molar-refractivity contribution in [3.05, 3.63) is 65.4 Å². The number of hydrogen-bond donors (Lipinski definition) is 0. The zero-order valence-electron chi connectivity index (χ0n) is 16.3. The number of carbonyl (C=O) groups is 2. The molecule has 2 aromatic carbocycles. The van der Waals surface area contributed by atoms with Gasteiger partial charge in [0.1, 0.15) is 11.4 Å². The lowest BCUT2D eigenvalue weighted by atomic mass is 10.0. The van der Waals surface area contributed by atoms with E-state index < -0.39 is 0 Å². The molecule has 1 saturated heterocycles. The fraction of sp³-hybridized carbons (Fsp3) is 0.304. The molecule has 5 heteroatoms. The number of anilines is 1. The van der Waals surface area contributed by atoms with Gasteiger partial charge in [0, 0.05) is 13.1 Å². The molecule has 0 radical (unpaired) electrons. The third-order valence-electron chi connectivity index (χ3n) is 5.29. The number of imide groups is 1. The van der Waals surface area contributed by atoms with E-state index in [4.69, 9.17) is 4.74 Å². The average Bonchev–Trinajstić information content (AvgIpc) is 3.30. The Kier molecular flexibility index (Phi) is 4.90. The Balaban J connectivity index is 1.80. The number of aryl methyl sites for hydroxylation is 1. The van der Waals surface area contributed by atoms with E-state index in [-0.39, 0.29) is 11.8 Å². The predicted octanol–water partition coefficient (Wildman–Crippen LogP) is 3.77. The monoisotopic (exact) mass is 376 g/mol. The van der Waals surface area contributed by atoms with Gasteiger partial charge in [-0.1, -0.05) is 30.3 Å². The van der Waals surface area contributed by atoms with E-state index in [2.05, 4.69) is 4.90 Å². The second-order valence-corrected chi connectivity index (χ2v) is 7.11. The molecule has 1 fully saturated rings. The number of carbonyl (C=O) groups excluding carboxylic acids is 2. The van der Waals surface area contributed by atoms with Crippen molar-refractivity contribution in [2.45, 2.75) is 26.7 Å². The Morgan fingerprint density at radius 3 is 2.25 bits per heavy atom. The van der Waals surface area contributed by atoms with Gasteiger partial charge in [-0.05, 0) is 56.0 Å². The first-order valence-electron chi connectivity index (χ1n) is 9.78. The molecule has 5 nitrogen and oxygen atoms in total. The maximum atomic E-state index is 13.4. The summed E-state index contributed by atoms with van der Waals surface area (Å²) in [6.45, 7) is 6.04. The quantitative estimate of drug-likeness (QED) is 0.746. The highest BCUT2D eigenvalue weighted by atomic mass is 16.5. The highest BCUT2D eigenvalue weighted by Gasteiger charge is 2.43. The van der Waals surface area contributed by atoms with E-state index in [0.29, 0.717) is 23.6 Å². The predicted molar refractivity (Wildman–Crippen MR) is 109 cm³/mol. The fourth-order valence-corrected chi connectivity index (χ4v) is 3.93. The van der Waals surface area contributed by atoms with Crippen molar-refractivity contribution in [2.75, 3.05) is 24.6 Å². The summed E-state index contributed by atoms with van der Waals surface area (Å²) < 4.78 is 5.52. The molecule has 0 atom stereocenters. The second kappa shape index (κ2) is 7.50. The summed E-state index contributed by atoms with van der Waals surface area (Å²) in [5, 5.41) is 0. The summed E-state index contributed by atoms with van der Waals surface area (Å²) in [6.07, 6.45) is 2.07. The lowest BCUT2D eigenvalue weighted by Crippen LogP contribution is -2.34. The van der Waals surface area contributed by atoms with Gasteiger partial charge in [-0.15, -0.1) is 0 Å². The van der Waals surface area contributed by atoms with Crippen molar-refractivity contribution < 1.29 is 14.3 Å². The van der Waals surface area contributed by atoms with E-state index in [1.165, 1.54) is 4.90 Å². The minimum Gasteiger partial charge on any atom is -0.494 e.